The van der Waals surface area contributed by atoms with Gasteiger partial charge in [0.2, 0.25) is 0 Å². The SMILES string of the molecule is CC1(NC(=S)NS(=O)(=O)c2ccccc2)CCCCC1. The van der Waals surface area contributed by atoms with Gasteiger partial charge in [0, 0.05) is 5.54 Å². The van der Waals surface area contributed by atoms with E-state index in [9.17, 15) is 8.42 Å². The van der Waals surface area contributed by atoms with Crippen LogP contribution in [0.4, 0.5) is 0 Å². The molecule has 2 rings (SSSR count). The predicted molar refractivity (Wildman–Crippen MR) is 84.0 cm³/mol. The van der Waals surface area contributed by atoms with Crippen LogP contribution in [-0.2, 0) is 10.0 Å². The van der Waals surface area contributed by atoms with Crippen LogP contribution < -0.4 is 10.0 Å². The van der Waals surface area contributed by atoms with Crippen molar-refractivity contribution >= 4 is 27.4 Å². The van der Waals surface area contributed by atoms with E-state index in [1.54, 1.807) is 30.3 Å². The molecule has 0 aromatic heterocycles. The second-order valence-corrected chi connectivity index (χ2v) is 7.58. The monoisotopic (exact) mass is 312 g/mol. The lowest BCUT2D eigenvalue weighted by Crippen LogP contribution is -2.52. The Morgan fingerprint density at radius 3 is 2.35 bits per heavy atom. The van der Waals surface area contributed by atoms with Gasteiger partial charge in [-0.3, -0.25) is 4.72 Å². The molecule has 20 heavy (non-hydrogen) atoms. The van der Waals surface area contributed by atoms with Crippen LogP contribution in [0.15, 0.2) is 35.2 Å². The molecule has 0 saturated heterocycles. The van der Waals surface area contributed by atoms with Crippen LogP contribution in [0.25, 0.3) is 0 Å². The Morgan fingerprint density at radius 2 is 1.75 bits per heavy atom. The highest BCUT2D eigenvalue weighted by molar-refractivity contribution is 7.91. The van der Waals surface area contributed by atoms with Crippen LogP contribution in [0.3, 0.4) is 0 Å². The molecule has 0 bridgehead atoms. The summed E-state index contributed by atoms with van der Waals surface area (Å²) in [5.74, 6) is 0. The highest BCUT2D eigenvalue weighted by Crippen LogP contribution is 2.27. The Hall–Kier alpha value is -1.14. The molecule has 1 saturated carbocycles. The quantitative estimate of drug-likeness (QED) is 0.842. The summed E-state index contributed by atoms with van der Waals surface area (Å²) in [6.45, 7) is 2.09. The van der Waals surface area contributed by atoms with E-state index >= 15 is 0 Å². The fraction of sp³-hybridized carbons (Fsp3) is 0.500. The highest BCUT2D eigenvalue weighted by Gasteiger charge is 2.28. The molecule has 0 amide bonds. The lowest BCUT2D eigenvalue weighted by Gasteiger charge is -2.35. The Balaban J connectivity index is 2.01. The molecule has 0 heterocycles. The maximum absolute atomic E-state index is 12.2. The summed E-state index contributed by atoms with van der Waals surface area (Å²) in [7, 11) is -3.59. The fourth-order valence-corrected chi connectivity index (χ4v) is 4.04. The summed E-state index contributed by atoms with van der Waals surface area (Å²) in [6, 6.07) is 8.25. The smallest absolute Gasteiger partial charge is 0.263 e. The van der Waals surface area contributed by atoms with E-state index < -0.39 is 10.0 Å². The van der Waals surface area contributed by atoms with Crippen molar-refractivity contribution in [1.82, 2.24) is 10.0 Å². The predicted octanol–water partition coefficient (Wildman–Crippen LogP) is 2.56. The number of hydrogen-bond donors (Lipinski definition) is 2. The molecule has 4 nitrogen and oxygen atoms in total. The van der Waals surface area contributed by atoms with E-state index in [4.69, 9.17) is 12.2 Å². The normalized spacial score (nSPS) is 18.2. The molecule has 1 aliphatic carbocycles. The van der Waals surface area contributed by atoms with Crippen LogP contribution >= 0.6 is 12.2 Å². The second-order valence-electron chi connectivity index (χ2n) is 5.49. The molecule has 0 unspecified atom stereocenters. The molecule has 0 spiro atoms. The molecule has 1 fully saturated rings. The molecule has 0 aliphatic heterocycles. The number of benzene rings is 1. The van der Waals surface area contributed by atoms with E-state index in [2.05, 4.69) is 17.0 Å². The molecule has 1 aromatic carbocycles. The van der Waals surface area contributed by atoms with Crippen molar-refractivity contribution in [3.8, 4) is 0 Å². The maximum Gasteiger partial charge on any atom is 0.263 e. The summed E-state index contributed by atoms with van der Waals surface area (Å²) in [5.41, 5.74) is -0.103. The number of hydrogen-bond acceptors (Lipinski definition) is 3. The third kappa shape index (κ3) is 3.93. The standard InChI is InChI=1S/C14H20N2O2S2/c1-14(10-6-3-7-11-14)15-13(19)16-20(17,18)12-8-4-2-5-9-12/h2,4-5,8-9H,3,6-7,10-11H2,1H3,(H2,15,16,19). The van der Waals surface area contributed by atoms with Crippen LogP contribution in [0, 0.1) is 0 Å². The van der Waals surface area contributed by atoms with E-state index in [-0.39, 0.29) is 15.5 Å². The third-order valence-corrected chi connectivity index (χ3v) is 5.35. The van der Waals surface area contributed by atoms with E-state index in [0.717, 1.165) is 25.7 Å². The summed E-state index contributed by atoms with van der Waals surface area (Å²) in [6.07, 6.45) is 5.56. The summed E-state index contributed by atoms with van der Waals surface area (Å²) in [5, 5.41) is 3.34. The van der Waals surface area contributed by atoms with E-state index in [1.165, 1.54) is 6.42 Å². The molecular formula is C14H20N2O2S2. The first-order chi connectivity index (χ1) is 9.41. The summed E-state index contributed by atoms with van der Waals surface area (Å²) < 4.78 is 26.7. The zero-order valence-corrected chi connectivity index (χ0v) is 13.2. The van der Waals surface area contributed by atoms with Crippen molar-refractivity contribution in [3.05, 3.63) is 30.3 Å². The van der Waals surface area contributed by atoms with Gasteiger partial charge >= 0.3 is 0 Å². The zero-order chi connectivity index (χ0) is 14.6. The molecule has 0 atom stereocenters. The first-order valence-electron chi connectivity index (χ1n) is 6.81. The fourth-order valence-electron chi connectivity index (χ4n) is 2.54. The van der Waals surface area contributed by atoms with Gasteiger partial charge in [-0.1, -0.05) is 37.5 Å². The van der Waals surface area contributed by atoms with Gasteiger partial charge in [-0.05, 0) is 44.1 Å². The van der Waals surface area contributed by atoms with Crippen molar-refractivity contribution in [2.75, 3.05) is 0 Å². The number of nitrogens with one attached hydrogen (secondary N) is 2. The number of sulfonamides is 1. The van der Waals surface area contributed by atoms with Gasteiger partial charge in [0.05, 0.1) is 4.90 Å². The van der Waals surface area contributed by atoms with E-state index in [1.807, 2.05) is 0 Å². The second kappa shape index (κ2) is 6.10. The lowest BCUT2D eigenvalue weighted by atomic mass is 9.83. The topological polar surface area (TPSA) is 58.2 Å². The molecule has 110 valence electrons. The first-order valence-corrected chi connectivity index (χ1v) is 8.70. The van der Waals surface area contributed by atoms with Gasteiger partial charge in [0.1, 0.15) is 0 Å². The maximum atomic E-state index is 12.2. The van der Waals surface area contributed by atoms with Gasteiger partial charge in [-0.15, -0.1) is 0 Å². The average Bonchev–Trinajstić information content (AvgIpc) is 2.39. The van der Waals surface area contributed by atoms with Crippen LogP contribution in [-0.4, -0.2) is 19.1 Å². The molecule has 2 N–H and O–H groups in total. The number of thiocarbonyl (C=S) groups is 1. The first kappa shape index (κ1) is 15.3. The Morgan fingerprint density at radius 1 is 1.15 bits per heavy atom. The van der Waals surface area contributed by atoms with Crippen molar-refractivity contribution < 1.29 is 8.42 Å². The number of rotatable bonds is 3. The van der Waals surface area contributed by atoms with Gasteiger partial charge < -0.3 is 5.32 Å². The average molecular weight is 312 g/mol. The Kier molecular flexibility index (Phi) is 4.65. The van der Waals surface area contributed by atoms with Crippen molar-refractivity contribution in [2.24, 2.45) is 0 Å². The van der Waals surface area contributed by atoms with Gasteiger partial charge in [-0.25, -0.2) is 8.42 Å². The van der Waals surface area contributed by atoms with Gasteiger partial charge in [0.15, 0.2) is 5.11 Å². The minimum atomic E-state index is -3.59. The third-order valence-electron chi connectivity index (χ3n) is 3.65. The highest BCUT2D eigenvalue weighted by atomic mass is 32.2. The van der Waals surface area contributed by atoms with Crippen molar-refractivity contribution in [3.63, 3.8) is 0 Å². The van der Waals surface area contributed by atoms with Crippen LogP contribution in [0.5, 0.6) is 0 Å². The Bertz CT molecular complexity index is 564. The molecule has 6 heteroatoms. The van der Waals surface area contributed by atoms with Crippen molar-refractivity contribution in [2.45, 2.75) is 49.5 Å². The van der Waals surface area contributed by atoms with Crippen LogP contribution in [0.1, 0.15) is 39.0 Å². The largest absolute Gasteiger partial charge is 0.357 e. The molecule has 0 radical (unpaired) electrons. The zero-order valence-electron chi connectivity index (χ0n) is 11.6. The summed E-state index contributed by atoms with van der Waals surface area (Å²) in [4.78, 5) is 0.220. The molecule has 1 aromatic rings. The van der Waals surface area contributed by atoms with Crippen molar-refractivity contribution in [1.29, 1.82) is 0 Å². The molecular weight excluding hydrogens is 292 g/mol. The Labute approximate surface area is 126 Å². The van der Waals surface area contributed by atoms with Gasteiger partial charge in [0.25, 0.3) is 10.0 Å². The minimum Gasteiger partial charge on any atom is -0.357 e. The van der Waals surface area contributed by atoms with Gasteiger partial charge in [-0.2, -0.15) is 0 Å². The minimum absolute atomic E-state index is 0.103. The lowest BCUT2D eigenvalue weighted by molar-refractivity contribution is 0.291. The molecule has 1 aliphatic rings. The summed E-state index contributed by atoms with van der Waals surface area (Å²) >= 11 is 5.15. The van der Waals surface area contributed by atoms with Crippen LogP contribution in [0.2, 0.25) is 0 Å². The van der Waals surface area contributed by atoms with E-state index in [0.29, 0.717) is 0 Å².